The van der Waals surface area contributed by atoms with E-state index >= 15 is 0 Å². The molecule has 2 rings (SSSR count). The molecule has 0 spiro atoms. The first-order valence-corrected chi connectivity index (χ1v) is 6.15. The van der Waals surface area contributed by atoms with E-state index in [0.29, 0.717) is 16.3 Å². The Bertz CT molecular complexity index is 647. The molecule has 1 aromatic heterocycles. The highest BCUT2D eigenvalue weighted by molar-refractivity contribution is 6.30. The predicted octanol–water partition coefficient (Wildman–Crippen LogP) is 3.04. The van der Waals surface area contributed by atoms with Crippen LogP contribution in [0.5, 0.6) is 0 Å². The van der Waals surface area contributed by atoms with E-state index in [9.17, 15) is 14.7 Å². The highest BCUT2D eigenvalue weighted by Crippen LogP contribution is 2.25. The first-order chi connectivity index (χ1) is 9.47. The van der Waals surface area contributed by atoms with E-state index in [0.717, 1.165) is 0 Å². The molecule has 1 aromatic carbocycles. The van der Waals surface area contributed by atoms with Crippen molar-refractivity contribution in [3.63, 3.8) is 0 Å². The second kappa shape index (κ2) is 5.79. The monoisotopic (exact) mass is 294 g/mol. The zero-order chi connectivity index (χ0) is 14.7. The van der Waals surface area contributed by atoms with Gasteiger partial charge in [0.15, 0.2) is 0 Å². The first kappa shape index (κ1) is 14.1. The highest BCUT2D eigenvalue weighted by atomic mass is 35.5. The third kappa shape index (κ3) is 3.19. The molecule has 0 amide bonds. The van der Waals surface area contributed by atoms with Gasteiger partial charge in [-0.15, -0.1) is 0 Å². The quantitative estimate of drug-likeness (QED) is 0.885. The van der Waals surface area contributed by atoms with Gasteiger partial charge in [-0.2, -0.15) is 0 Å². The third-order valence-electron chi connectivity index (χ3n) is 2.83. The molecule has 0 radical (unpaired) electrons. The maximum absolute atomic E-state index is 11.4. The number of carbonyl (C=O) groups is 2. The van der Waals surface area contributed by atoms with E-state index in [1.165, 1.54) is 12.1 Å². The molecule has 1 atom stereocenters. The topological polar surface area (TPSA) is 87.7 Å². The van der Waals surface area contributed by atoms with Gasteiger partial charge in [0.05, 0.1) is 5.92 Å². The van der Waals surface area contributed by atoms with Crippen LogP contribution in [0.4, 0.5) is 0 Å². The second-order valence-corrected chi connectivity index (χ2v) is 4.66. The number of hydrogen-bond acceptors (Lipinski definition) is 3. The number of aromatic carboxylic acids is 1. The van der Waals surface area contributed by atoms with Gasteiger partial charge >= 0.3 is 11.9 Å². The molecule has 0 saturated carbocycles. The molecule has 0 aliphatic carbocycles. The van der Waals surface area contributed by atoms with Gasteiger partial charge in [-0.05, 0) is 29.8 Å². The Morgan fingerprint density at radius 2 is 1.95 bits per heavy atom. The van der Waals surface area contributed by atoms with Crippen molar-refractivity contribution in [1.82, 2.24) is 0 Å². The molecular formula is C14H11ClO5. The average Bonchev–Trinajstić information content (AvgIpc) is 2.84. The lowest BCUT2D eigenvalue weighted by molar-refractivity contribution is -0.138. The lowest BCUT2D eigenvalue weighted by atomic mass is 9.95. The van der Waals surface area contributed by atoms with Crippen molar-refractivity contribution in [3.8, 4) is 0 Å². The molecule has 0 bridgehead atoms. The number of carboxylic acid groups (broad SMARTS) is 2. The first-order valence-electron chi connectivity index (χ1n) is 5.77. The fourth-order valence-electron chi connectivity index (χ4n) is 1.87. The summed E-state index contributed by atoms with van der Waals surface area (Å²) < 4.78 is 5.08. The highest BCUT2D eigenvalue weighted by Gasteiger charge is 2.23. The molecule has 20 heavy (non-hydrogen) atoms. The molecule has 2 aromatic rings. The smallest absolute Gasteiger partial charge is 0.371 e. The van der Waals surface area contributed by atoms with Gasteiger partial charge in [0, 0.05) is 11.4 Å². The number of carboxylic acids is 2. The van der Waals surface area contributed by atoms with Crippen molar-refractivity contribution in [1.29, 1.82) is 0 Å². The van der Waals surface area contributed by atoms with E-state index in [2.05, 4.69) is 0 Å². The van der Waals surface area contributed by atoms with Gasteiger partial charge in [0.1, 0.15) is 5.76 Å². The fraction of sp³-hybridized carbons (Fsp3) is 0.143. The van der Waals surface area contributed by atoms with Gasteiger partial charge in [-0.3, -0.25) is 4.79 Å². The van der Waals surface area contributed by atoms with Crippen molar-refractivity contribution >= 4 is 23.5 Å². The minimum atomic E-state index is -1.19. The van der Waals surface area contributed by atoms with E-state index in [4.69, 9.17) is 21.1 Å². The Hall–Kier alpha value is -2.27. The average molecular weight is 295 g/mol. The number of halogens is 1. The van der Waals surface area contributed by atoms with Crippen LogP contribution in [-0.4, -0.2) is 22.2 Å². The van der Waals surface area contributed by atoms with E-state index in [1.54, 1.807) is 24.3 Å². The maximum Gasteiger partial charge on any atom is 0.371 e. The zero-order valence-corrected chi connectivity index (χ0v) is 11.0. The summed E-state index contributed by atoms with van der Waals surface area (Å²) in [6.45, 7) is 0. The lowest BCUT2D eigenvalue weighted by Crippen LogP contribution is -2.14. The van der Waals surface area contributed by atoms with Crippen molar-refractivity contribution in [2.45, 2.75) is 12.3 Å². The number of furan rings is 1. The predicted molar refractivity (Wildman–Crippen MR) is 71.2 cm³/mol. The summed E-state index contributed by atoms with van der Waals surface area (Å²) in [4.78, 5) is 22.1. The summed E-state index contributed by atoms with van der Waals surface area (Å²) in [5, 5.41) is 18.5. The van der Waals surface area contributed by atoms with Crippen LogP contribution in [-0.2, 0) is 11.2 Å². The maximum atomic E-state index is 11.4. The molecule has 6 heteroatoms. The second-order valence-electron chi connectivity index (χ2n) is 4.22. The minimum absolute atomic E-state index is 0.0585. The van der Waals surface area contributed by atoms with Crippen LogP contribution in [0.2, 0.25) is 5.02 Å². The lowest BCUT2D eigenvalue weighted by Gasteiger charge is -2.11. The molecule has 0 aliphatic rings. The van der Waals surface area contributed by atoms with Gasteiger partial charge in [0.25, 0.3) is 0 Å². The van der Waals surface area contributed by atoms with Gasteiger partial charge < -0.3 is 14.6 Å². The van der Waals surface area contributed by atoms with E-state index in [1.807, 2.05) is 0 Å². The SMILES string of the molecule is O=C(O)c1ccc(CC(C(=O)O)c2cccc(Cl)c2)o1. The van der Waals surface area contributed by atoms with Crippen LogP contribution in [0, 0.1) is 0 Å². The van der Waals surface area contributed by atoms with Crippen molar-refractivity contribution in [2.24, 2.45) is 0 Å². The number of rotatable bonds is 5. The standard InChI is InChI=1S/C14H11ClO5/c15-9-3-1-2-8(6-9)11(13(16)17)7-10-4-5-12(20-10)14(18)19/h1-6,11H,7H2,(H,16,17)(H,18,19). The van der Waals surface area contributed by atoms with E-state index < -0.39 is 17.9 Å². The summed E-state index contributed by atoms with van der Waals surface area (Å²) in [7, 11) is 0. The van der Waals surface area contributed by atoms with Crippen molar-refractivity contribution < 1.29 is 24.2 Å². The summed E-state index contributed by atoms with van der Waals surface area (Å²) in [5.41, 5.74) is 0.540. The summed E-state index contributed by atoms with van der Waals surface area (Å²) >= 11 is 5.85. The molecule has 0 saturated heterocycles. The van der Waals surface area contributed by atoms with Crippen molar-refractivity contribution in [2.75, 3.05) is 0 Å². The van der Waals surface area contributed by atoms with Gasteiger partial charge in [-0.1, -0.05) is 23.7 Å². The summed E-state index contributed by atoms with van der Waals surface area (Å²) in [6, 6.07) is 9.31. The van der Waals surface area contributed by atoms with Crippen LogP contribution in [0.25, 0.3) is 0 Å². The number of aliphatic carboxylic acids is 1. The summed E-state index contributed by atoms with van der Waals surface area (Å²) in [6.07, 6.45) is 0.0585. The molecule has 1 heterocycles. The molecule has 1 unspecified atom stereocenters. The normalized spacial score (nSPS) is 12.1. The Kier molecular flexibility index (Phi) is 4.10. The number of hydrogen-bond donors (Lipinski definition) is 2. The van der Waals surface area contributed by atoms with Crippen LogP contribution < -0.4 is 0 Å². The van der Waals surface area contributed by atoms with E-state index in [-0.39, 0.29) is 12.2 Å². The third-order valence-corrected chi connectivity index (χ3v) is 3.06. The fourth-order valence-corrected chi connectivity index (χ4v) is 2.07. The van der Waals surface area contributed by atoms with Crippen molar-refractivity contribution in [3.05, 3.63) is 58.5 Å². The Morgan fingerprint density at radius 3 is 2.50 bits per heavy atom. The zero-order valence-electron chi connectivity index (χ0n) is 10.2. The van der Waals surface area contributed by atoms with Gasteiger partial charge in [0.2, 0.25) is 5.76 Å². The van der Waals surface area contributed by atoms with Gasteiger partial charge in [-0.25, -0.2) is 4.79 Å². The molecular weight excluding hydrogens is 284 g/mol. The Balaban J connectivity index is 2.25. The minimum Gasteiger partial charge on any atom is -0.481 e. The van der Waals surface area contributed by atoms with Crippen LogP contribution in [0.3, 0.4) is 0 Å². The Morgan fingerprint density at radius 1 is 1.20 bits per heavy atom. The molecule has 0 aliphatic heterocycles. The molecule has 104 valence electrons. The summed E-state index contributed by atoms with van der Waals surface area (Å²) in [5.74, 6) is -2.97. The van der Waals surface area contributed by atoms with Crippen LogP contribution in [0.15, 0.2) is 40.8 Å². The largest absolute Gasteiger partial charge is 0.481 e. The van der Waals surface area contributed by atoms with Crippen LogP contribution >= 0.6 is 11.6 Å². The number of benzene rings is 1. The van der Waals surface area contributed by atoms with Crippen LogP contribution in [0.1, 0.15) is 27.8 Å². The molecule has 5 nitrogen and oxygen atoms in total. The molecule has 2 N–H and O–H groups in total. The Labute approximate surface area is 119 Å². The molecule has 0 fully saturated rings.